The topological polar surface area (TPSA) is 97.5 Å². The monoisotopic (exact) mass is 121 g/mol. The Morgan fingerprint density at radius 2 is 1.50 bits per heavy atom. The van der Waals surface area contributed by atoms with Gasteiger partial charge in [-0.1, -0.05) is 0 Å². The summed E-state index contributed by atoms with van der Waals surface area (Å²) < 4.78 is 0. The lowest BCUT2D eigenvalue weighted by molar-refractivity contribution is -0.742. The van der Waals surface area contributed by atoms with E-state index in [1.807, 2.05) is 0 Å². The molecule has 46 valence electrons. The van der Waals surface area contributed by atoms with E-state index in [1.165, 1.54) is 0 Å². The van der Waals surface area contributed by atoms with E-state index in [0.717, 1.165) is 0 Å². The maximum absolute atomic E-state index is 8.81. The standard InChI is InChI=1S/C2H2O2.HNO3/c3-1-2-4;2-1(3)4/h1-2H;(H,2,3,4). The third kappa shape index (κ3) is 269. The number of carbonyl (C=O) groups excluding carboxylic acids is 2. The highest BCUT2D eigenvalue weighted by Gasteiger charge is 1.65. The van der Waals surface area contributed by atoms with Crippen LogP contribution in [0.15, 0.2) is 0 Å². The Balaban J connectivity index is 0. The molecule has 0 saturated carbocycles. The zero-order valence-electron chi connectivity index (χ0n) is 3.68. The van der Waals surface area contributed by atoms with Crippen molar-refractivity contribution >= 4 is 12.6 Å². The largest absolute Gasteiger partial charge is 0.328 e. The second-order valence-electron chi connectivity index (χ2n) is 0.510. The first kappa shape index (κ1) is 9.74. The molecule has 0 fully saturated rings. The molecule has 1 N–H and O–H groups in total. The second kappa shape index (κ2) is 9.11. The second-order valence-corrected chi connectivity index (χ2v) is 0.510. The van der Waals surface area contributed by atoms with E-state index >= 15 is 0 Å². The first-order valence-electron chi connectivity index (χ1n) is 1.37. The van der Waals surface area contributed by atoms with Crippen LogP contribution >= 0.6 is 0 Å². The number of hydrogen-bond acceptors (Lipinski definition) is 4. The van der Waals surface area contributed by atoms with Gasteiger partial charge in [0.2, 0.25) is 0 Å². The molecular formula is C2H3NO5. The smallest absolute Gasteiger partial charge is 0.291 e. The Hall–Kier alpha value is -1.46. The SMILES string of the molecule is O=CC=O.O=[N+]([O-])O. The van der Waals surface area contributed by atoms with Gasteiger partial charge in [-0.2, -0.15) is 0 Å². The molecule has 0 radical (unpaired) electrons. The van der Waals surface area contributed by atoms with Gasteiger partial charge in [0.05, 0.1) is 0 Å². The van der Waals surface area contributed by atoms with Crippen LogP contribution in [0.4, 0.5) is 0 Å². The van der Waals surface area contributed by atoms with Crippen LogP contribution in [-0.2, 0) is 9.59 Å². The van der Waals surface area contributed by atoms with Gasteiger partial charge in [0.15, 0.2) is 12.6 Å². The van der Waals surface area contributed by atoms with E-state index in [1.54, 1.807) is 0 Å². The summed E-state index contributed by atoms with van der Waals surface area (Å²) >= 11 is 0. The molecule has 0 aromatic rings. The van der Waals surface area contributed by atoms with Crippen molar-refractivity contribution in [2.24, 2.45) is 0 Å². The van der Waals surface area contributed by atoms with Gasteiger partial charge < -0.3 is 5.21 Å². The van der Waals surface area contributed by atoms with Gasteiger partial charge in [0, 0.05) is 0 Å². The summed E-state index contributed by atoms with van der Waals surface area (Å²) in [4.78, 5) is 26.0. The molecule has 0 aliphatic rings. The quantitative estimate of drug-likeness (QED) is 0.208. The van der Waals surface area contributed by atoms with Crippen LogP contribution in [0.1, 0.15) is 0 Å². The van der Waals surface area contributed by atoms with Crippen LogP contribution in [0.25, 0.3) is 0 Å². The molecule has 6 nitrogen and oxygen atoms in total. The van der Waals surface area contributed by atoms with Crippen molar-refractivity contribution in [2.45, 2.75) is 0 Å². The van der Waals surface area contributed by atoms with Crippen LogP contribution < -0.4 is 0 Å². The number of hydrogen-bond donors (Lipinski definition) is 1. The van der Waals surface area contributed by atoms with Crippen molar-refractivity contribution in [1.29, 1.82) is 0 Å². The van der Waals surface area contributed by atoms with E-state index in [-0.39, 0.29) is 12.6 Å². The van der Waals surface area contributed by atoms with Crippen molar-refractivity contribution in [3.63, 3.8) is 0 Å². The van der Waals surface area contributed by atoms with Crippen LogP contribution in [0.5, 0.6) is 0 Å². The molecule has 0 aliphatic heterocycles. The van der Waals surface area contributed by atoms with Gasteiger partial charge >= 0.3 is 0 Å². The third-order valence-electron chi connectivity index (χ3n) is 0.0556. The fourth-order valence-corrected chi connectivity index (χ4v) is 0. The van der Waals surface area contributed by atoms with Gasteiger partial charge in [-0.15, -0.1) is 10.1 Å². The number of rotatable bonds is 1. The highest BCUT2D eigenvalue weighted by molar-refractivity contribution is 6.09. The molecule has 0 saturated heterocycles. The van der Waals surface area contributed by atoms with E-state index in [0.29, 0.717) is 0 Å². The lowest BCUT2D eigenvalue weighted by atomic mass is 10.9. The predicted octanol–water partition coefficient (Wildman–Crippen LogP) is -0.964. The third-order valence-corrected chi connectivity index (χ3v) is 0.0556. The summed E-state index contributed by atoms with van der Waals surface area (Å²) in [5, 5.41) is 13.6. The molecule has 0 aromatic heterocycles. The minimum absolute atomic E-state index is 0.194. The molecule has 0 atom stereocenters. The summed E-state index contributed by atoms with van der Waals surface area (Å²) in [7, 11) is 0. The molecule has 0 rings (SSSR count). The normalized spacial score (nSPS) is 5.50. The van der Waals surface area contributed by atoms with Gasteiger partial charge in [0.25, 0.3) is 5.09 Å². The van der Waals surface area contributed by atoms with Crippen LogP contribution in [0, 0.1) is 10.1 Å². The lowest BCUT2D eigenvalue weighted by Gasteiger charge is -1.56. The molecule has 0 amide bonds. The highest BCUT2D eigenvalue weighted by Crippen LogP contribution is 1.38. The maximum atomic E-state index is 8.81. The minimum atomic E-state index is -1.50. The fraction of sp³-hybridized carbons (Fsp3) is 0. The first-order valence-corrected chi connectivity index (χ1v) is 1.37. The first-order chi connectivity index (χ1) is 3.65. The summed E-state index contributed by atoms with van der Waals surface area (Å²) in [6, 6.07) is 0. The highest BCUT2D eigenvalue weighted by atomic mass is 16.9. The van der Waals surface area contributed by atoms with Gasteiger partial charge in [-0.05, 0) is 0 Å². The van der Waals surface area contributed by atoms with Gasteiger partial charge in [0.1, 0.15) is 0 Å². The van der Waals surface area contributed by atoms with Crippen molar-refractivity contribution in [2.75, 3.05) is 0 Å². The maximum Gasteiger partial charge on any atom is 0.291 e. The van der Waals surface area contributed by atoms with Crippen molar-refractivity contribution in [3.05, 3.63) is 10.1 Å². The molecule has 0 unspecified atom stereocenters. The van der Waals surface area contributed by atoms with E-state index < -0.39 is 5.09 Å². The number of aldehydes is 2. The van der Waals surface area contributed by atoms with Crippen LogP contribution in [-0.4, -0.2) is 22.9 Å². The number of carbonyl (C=O) groups is 2. The van der Waals surface area contributed by atoms with Crippen molar-refractivity contribution < 1.29 is 19.9 Å². The molecule has 0 aromatic carbocycles. The molecule has 0 bridgehead atoms. The Kier molecular flexibility index (Phi) is 11.1. The summed E-state index contributed by atoms with van der Waals surface area (Å²) in [5.41, 5.74) is 0. The molecule has 0 aliphatic carbocycles. The zero-order valence-corrected chi connectivity index (χ0v) is 3.68. The van der Waals surface area contributed by atoms with E-state index in [2.05, 4.69) is 0 Å². The predicted molar refractivity (Wildman–Crippen MR) is 20.9 cm³/mol. The van der Waals surface area contributed by atoms with Gasteiger partial charge in [-0.3, -0.25) is 9.59 Å². The molecule has 0 heterocycles. The summed E-state index contributed by atoms with van der Waals surface area (Å²) in [6.45, 7) is 0. The molecule has 6 heteroatoms. The van der Waals surface area contributed by atoms with Crippen LogP contribution in [0.2, 0.25) is 0 Å². The van der Waals surface area contributed by atoms with E-state index in [4.69, 9.17) is 24.9 Å². The molecular weight excluding hydrogens is 118 g/mol. The Morgan fingerprint density at radius 3 is 1.50 bits per heavy atom. The Morgan fingerprint density at radius 1 is 1.38 bits per heavy atom. The van der Waals surface area contributed by atoms with Crippen LogP contribution in [0.3, 0.4) is 0 Å². The van der Waals surface area contributed by atoms with Crippen molar-refractivity contribution in [1.82, 2.24) is 0 Å². The molecule has 8 heavy (non-hydrogen) atoms. The lowest BCUT2D eigenvalue weighted by Crippen LogP contribution is -1.81. The fourth-order valence-electron chi connectivity index (χ4n) is 0. The average Bonchev–Trinajstić information content (AvgIpc) is 1.65. The van der Waals surface area contributed by atoms with Gasteiger partial charge in [-0.25, -0.2) is 0 Å². The Bertz CT molecular complexity index is 78.4. The molecule has 0 spiro atoms. The summed E-state index contributed by atoms with van der Waals surface area (Å²) in [6.07, 6.45) is 0.389. The van der Waals surface area contributed by atoms with Crippen molar-refractivity contribution in [3.8, 4) is 0 Å². The number of nitrogens with zero attached hydrogens (tertiary/aromatic N) is 1. The Labute approximate surface area is 43.8 Å². The minimum Gasteiger partial charge on any atom is -0.328 e. The average molecular weight is 121 g/mol. The zero-order chi connectivity index (χ0) is 6.99. The summed E-state index contributed by atoms with van der Waals surface area (Å²) in [5.74, 6) is 0. The van der Waals surface area contributed by atoms with E-state index in [9.17, 15) is 0 Å².